The molecule has 0 radical (unpaired) electrons. The topological polar surface area (TPSA) is 78.8 Å². The number of nitrogens with one attached hydrogen (secondary N) is 1. The minimum atomic E-state index is -1.20. The van der Waals surface area contributed by atoms with E-state index in [0.717, 1.165) is 6.42 Å². The molecule has 0 saturated carbocycles. The van der Waals surface area contributed by atoms with Gasteiger partial charge in [-0.25, -0.2) is 4.79 Å². The quantitative estimate of drug-likeness (QED) is 0.663. The summed E-state index contributed by atoms with van der Waals surface area (Å²) < 4.78 is 4.71. The Labute approximate surface area is 95.8 Å². The first-order chi connectivity index (χ1) is 7.39. The van der Waals surface area contributed by atoms with Crippen molar-refractivity contribution in [3.05, 3.63) is 0 Å². The van der Waals surface area contributed by atoms with Crippen molar-refractivity contribution >= 4 is 6.09 Å². The first kappa shape index (κ1) is 13.3. The number of amides is 1. The lowest BCUT2D eigenvalue weighted by Gasteiger charge is -2.39. The van der Waals surface area contributed by atoms with E-state index in [0.29, 0.717) is 6.42 Å². The third-order valence-electron chi connectivity index (χ3n) is 3.56. The van der Waals surface area contributed by atoms with Gasteiger partial charge in [-0.3, -0.25) is 0 Å². The normalized spacial score (nSPS) is 28.6. The molecule has 5 nitrogen and oxygen atoms in total. The van der Waals surface area contributed by atoms with Gasteiger partial charge in [0.2, 0.25) is 0 Å². The van der Waals surface area contributed by atoms with Crippen LogP contribution in [0.15, 0.2) is 0 Å². The highest BCUT2D eigenvalue weighted by atomic mass is 16.6. The van der Waals surface area contributed by atoms with E-state index in [1.165, 1.54) is 0 Å². The highest BCUT2D eigenvalue weighted by Crippen LogP contribution is 2.27. The van der Waals surface area contributed by atoms with Gasteiger partial charge in [0.25, 0.3) is 0 Å². The van der Waals surface area contributed by atoms with Crippen molar-refractivity contribution in [3.8, 4) is 0 Å². The summed E-state index contributed by atoms with van der Waals surface area (Å²) in [6.07, 6.45) is -0.230. The van der Waals surface area contributed by atoms with Crippen molar-refractivity contribution < 1.29 is 19.7 Å². The minimum Gasteiger partial charge on any atom is -0.449 e. The molecule has 1 heterocycles. The molecule has 16 heavy (non-hydrogen) atoms. The van der Waals surface area contributed by atoms with Gasteiger partial charge in [-0.05, 0) is 12.8 Å². The summed E-state index contributed by atoms with van der Waals surface area (Å²) in [5, 5.41) is 22.9. The third kappa shape index (κ3) is 2.65. The molecular formula is C11H21NO4. The van der Waals surface area contributed by atoms with Gasteiger partial charge in [0, 0.05) is 6.42 Å². The van der Waals surface area contributed by atoms with E-state index in [4.69, 9.17) is 4.74 Å². The average Bonchev–Trinajstić information content (AvgIpc) is 2.26. The van der Waals surface area contributed by atoms with Crippen LogP contribution in [-0.4, -0.2) is 40.7 Å². The molecule has 0 bridgehead atoms. The molecule has 1 amide bonds. The summed E-state index contributed by atoms with van der Waals surface area (Å²) in [4.78, 5) is 11.0. The number of carbonyl (C=O) groups is 1. The lowest BCUT2D eigenvalue weighted by molar-refractivity contribution is -0.115. The van der Waals surface area contributed by atoms with Crippen LogP contribution in [0.2, 0.25) is 0 Å². The molecule has 3 N–H and O–H groups in total. The molecular weight excluding hydrogens is 210 g/mol. The fraction of sp³-hybridized carbons (Fsp3) is 0.909. The summed E-state index contributed by atoms with van der Waals surface area (Å²) in [5.74, 6) is -0.0396. The molecule has 0 aromatic rings. The fourth-order valence-electron chi connectivity index (χ4n) is 1.89. The lowest BCUT2D eigenvalue weighted by Crippen LogP contribution is -2.58. The zero-order valence-electron chi connectivity index (χ0n) is 10.1. The summed E-state index contributed by atoms with van der Waals surface area (Å²) in [5.41, 5.74) is -1.20. The van der Waals surface area contributed by atoms with Crippen LogP contribution >= 0.6 is 0 Å². The number of aliphatic hydroxyl groups is 2. The summed E-state index contributed by atoms with van der Waals surface area (Å²) in [7, 11) is 0. The molecule has 5 heteroatoms. The molecule has 0 spiro atoms. The van der Waals surface area contributed by atoms with E-state index in [-0.39, 0.29) is 12.5 Å². The minimum absolute atomic E-state index is 0.0396. The van der Waals surface area contributed by atoms with E-state index < -0.39 is 23.8 Å². The maximum absolute atomic E-state index is 11.0. The first-order valence-electron chi connectivity index (χ1n) is 5.73. The second-order valence-corrected chi connectivity index (χ2v) is 4.66. The predicted molar refractivity (Wildman–Crippen MR) is 59.0 cm³/mol. The number of aliphatic hydroxyl groups excluding tert-OH is 1. The first-order valence-corrected chi connectivity index (χ1v) is 5.73. The second kappa shape index (κ2) is 5.01. The van der Waals surface area contributed by atoms with Crippen molar-refractivity contribution in [1.82, 2.24) is 5.32 Å². The summed E-state index contributed by atoms with van der Waals surface area (Å²) in [6.45, 7) is 5.72. The Balaban J connectivity index is 2.68. The van der Waals surface area contributed by atoms with Gasteiger partial charge in [0.15, 0.2) is 0 Å². The number of ether oxygens (including phenoxy) is 1. The van der Waals surface area contributed by atoms with Gasteiger partial charge in [-0.1, -0.05) is 20.3 Å². The maximum atomic E-state index is 11.0. The van der Waals surface area contributed by atoms with Crippen molar-refractivity contribution in [3.63, 3.8) is 0 Å². The Morgan fingerprint density at radius 3 is 2.81 bits per heavy atom. The van der Waals surface area contributed by atoms with E-state index in [1.807, 2.05) is 13.8 Å². The molecule has 1 saturated heterocycles. The molecule has 94 valence electrons. The van der Waals surface area contributed by atoms with Crippen LogP contribution < -0.4 is 5.32 Å². The molecule has 1 aliphatic heterocycles. The van der Waals surface area contributed by atoms with Crippen LogP contribution in [0.3, 0.4) is 0 Å². The Bertz CT molecular complexity index is 254. The lowest BCUT2D eigenvalue weighted by atomic mass is 9.80. The standard InChI is InChI=1S/C11H21NO4/c1-4-7(2)11(3,15)9(13)8-5-6-16-10(14)12-8/h7-9,13,15H,4-6H2,1-3H3,(H,12,14)/t7?,8-,9-,11-/m0/s1. The third-order valence-corrected chi connectivity index (χ3v) is 3.56. The van der Waals surface area contributed by atoms with Crippen LogP contribution in [0.5, 0.6) is 0 Å². The molecule has 1 aliphatic rings. The predicted octanol–water partition coefficient (Wildman–Crippen LogP) is 0.643. The largest absolute Gasteiger partial charge is 0.449 e. The van der Waals surface area contributed by atoms with Crippen LogP contribution in [0.25, 0.3) is 0 Å². The van der Waals surface area contributed by atoms with Crippen molar-refractivity contribution in [2.45, 2.75) is 51.4 Å². The molecule has 0 aliphatic carbocycles. The second-order valence-electron chi connectivity index (χ2n) is 4.66. The summed E-state index contributed by atoms with van der Waals surface area (Å²) >= 11 is 0. The van der Waals surface area contributed by atoms with E-state index in [1.54, 1.807) is 6.92 Å². The van der Waals surface area contributed by atoms with Crippen molar-refractivity contribution in [2.75, 3.05) is 6.61 Å². The van der Waals surface area contributed by atoms with Crippen LogP contribution in [0.4, 0.5) is 4.79 Å². The van der Waals surface area contributed by atoms with Gasteiger partial charge in [-0.15, -0.1) is 0 Å². The molecule has 1 unspecified atom stereocenters. The SMILES string of the molecule is CCC(C)[C@](C)(O)[C@@H](O)[C@@H]1CCOC(=O)N1. The zero-order chi connectivity index (χ0) is 12.3. The van der Waals surface area contributed by atoms with E-state index >= 15 is 0 Å². The van der Waals surface area contributed by atoms with Crippen LogP contribution in [-0.2, 0) is 4.74 Å². The van der Waals surface area contributed by atoms with Gasteiger partial charge >= 0.3 is 6.09 Å². The molecule has 0 aromatic heterocycles. The van der Waals surface area contributed by atoms with Crippen LogP contribution in [0, 0.1) is 5.92 Å². The Morgan fingerprint density at radius 2 is 2.31 bits per heavy atom. The number of hydrogen-bond donors (Lipinski definition) is 3. The fourth-order valence-corrected chi connectivity index (χ4v) is 1.89. The number of carbonyl (C=O) groups excluding carboxylic acids is 1. The average molecular weight is 231 g/mol. The zero-order valence-corrected chi connectivity index (χ0v) is 10.1. The van der Waals surface area contributed by atoms with Crippen LogP contribution in [0.1, 0.15) is 33.6 Å². The number of cyclic esters (lactones) is 1. The molecule has 1 fully saturated rings. The smallest absolute Gasteiger partial charge is 0.407 e. The molecule has 0 aromatic carbocycles. The Kier molecular flexibility index (Phi) is 4.15. The monoisotopic (exact) mass is 231 g/mol. The maximum Gasteiger partial charge on any atom is 0.407 e. The number of alkyl carbamates (subject to hydrolysis) is 1. The summed E-state index contributed by atoms with van der Waals surface area (Å²) in [6, 6.07) is -0.440. The van der Waals surface area contributed by atoms with Gasteiger partial charge in [0.05, 0.1) is 18.2 Å². The van der Waals surface area contributed by atoms with Crippen molar-refractivity contribution in [1.29, 1.82) is 0 Å². The van der Waals surface area contributed by atoms with Gasteiger partial charge < -0.3 is 20.3 Å². The molecule has 1 rings (SSSR count). The molecule has 4 atom stereocenters. The Morgan fingerprint density at radius 1 is 1.69 bits per heavy atom. The highest BCUT2D eigenvalue weighted by Gasteiger charge is 2.41. The highest BCUT2D eigenvalue weighted by molar-refractivity contribution is 5.68. The number of hydrogen-bond acceptors (Lipinski definition) is 4. The van der Waals surface area contributed by atoms with Crippen molar-refractivity contribution in [2.24, 2.45) is 5.92 Å². The number of rotatable bonds is 4. The van der Waals surface area contributed by atoms with E-state index in [9.17, 15) is 15.0 Å². The van der Waals surface area contributed by atoms with Gasteiger partial charge in [0.1, 0.15) is 6.10 Å². The van der Waals surface area contributed by atoms with E-state index in [2.05, 4.69) is 5.32 Å². The Hall–Kier alpha value is -0.810. The van der Waals surface area contributed by atoms with Gasteiger partial charge in [-0.2, -0.15) is 0 Å².